The number of nitrogens with zero attached hydrogens (tertiary/aromatic N) is 2. The third-order valence-corrected chi connectivity index (χ3v) is 1.58. The minimum absolute atomic E-state index is 0. The molecular weight excluding hydrogens is 249 g/mol. The maximum atomic E-state index is 4.14. The molecule has 0 saturated carbocycles. The van der Waals surface area contributed by atoms with E-state index in [1.807, 2.05) is 38.9 Å². The predicted octanol–water partition coefficient (Wildman–Crippen LogP) is 2.98. The maximum Gasteiger partial charge on any atom is 0.0217 e. The molecule has 0 aliphatic carbocycles. The monoisotopic (exact) mass is 268 g/mol. The van der Waals surface area contributed by atoms with Gasteiger partial charge < -0.3 is 5.01 Å². The summed E-state index contributed by atoms with van der Waals surface area (Å²) in [5.41, 5.74) is 1.18. The van der Waals surface area contributed by atoms with Crippen LogP contribution in [-0.2, 0) is 32.7 Å². The summed E-state index contributed by atoms with van der Waals surface area (Å²) in [5.74, 6) is 0. The van der Waals surface area contributed by atoms with Crippen molar-refractivity contribution in [3.05, 3.63) is 23.9 Å². The standard InChI is InChI=1S/C9H13N2.C2H6.Y/c1-4-10-11-6-5-8(2)7-9(11)3;1-2;/h4,6-7,9H,1-3H3;1-2H3;/q-1;;/b10-4-;;. The van der Waals surface area contributed by atoms with Crippen molar-refractivity contribution in [1.29, 1.82) is 0 Å². The van der Waals surface area contributed by atoms with Gasteiger partial charge in [0.15, 0.2) is 0 Å². The number of hydrogen-bond donors (Lipinski definition) is 0. The molecule has 0 aromatic heterocycles. The van der Waals surface area contributed by atoms with Gasteiger partial charge in [0.05, 0.1) is 0 Å². The van der Waals surface area contributed by atoms with Crippen molar-refractivity contribution in [2.45, 2.75) is 40.7 Å². The Morgan fingerprint density at radius 3 is 2.50 bits per heavy atom. The first-order chi connectivity index (χ1) is 6.24. The molecule has 1 unspecified atom stereocenters. The van der Waals surface area contributed by atoms with Gasteiger partial charge in [-0.25, -0.2) is 17.7 Å². The van der Waals surface area contributed by atoms with Gasteiger partial charge in [-0.1, -0.05) is 33.9 Å². The number of hydrazone groups is 1. The molecule has 1 aliphatic heterocycles. The van der Waals surface area contributed by atoms with Crippen molar-refractivity contribution in [1.82, 2.24) is 5.01 Å². The Hall–Kier alpha value is 0.0539. The Balaban J connectivity index is 0. The van der Waals surface area contributed by atoms with E-state index >= 15 is 0 Å². The van der Waals surface area contributed by atoms with Gasteiger partial charge >= 0.3 is 0 Å². The Morgan fingerprint density at radius 2 is 2.07 bits per heavy atom. The van der Waals surface area contributed by atoms with E-state index in [1.54, 1.807) is 6.21 Å². The van der Waals surface area contributed by atoms with E-state index < -0.39 is 0 Å². The second-order valence-electron chi connectivity index (χ2n) is 2.62. The molecule has 0 fully saturated rings. The van der Waals surface area contributed by atoms with Crippen LogP contribution in [0.4, 0.5) is 0 Å². The van der Waals surface area contributed by atoms with Crippen LogP contribution in [0, 0.1) is 6.08 Å². The summed E-state index contributed by atoms with van der Waals surface area (Å²) in [5, 5.41) is 6.03. The summed E-state index contributed by atoms with van der Waals surface area (Å²) in [6.45, 7) is 10.1. The second kappa shape index (κ2) is 9.60. The molecule has 2 nitrogen and oxygen atoms in total. The second-order valence-corrected chi connectivity index (χ2v) is 2.62. The zero-order chi connectivity index (χ0) is 10.3. The molecule has 1 aliphatic rings. The summed E-state index contributed by atoms with van der Waals surface area (Å²) in [6.07, 6.45) is 8.88. The van der Waals surface area contributed by atoms with E-state index in [1.165, 1.54) is 5.57 Å². The topological polar surface area (TPSA) is 15.6 Å². The van der Waals surface area contributed by atoms with Gasteiger partial charge in [-0.15, -0.1) is 0 Å². The van der Waals surface area contributed by atoms with Crippen molar-refractivity contribution in [3.8, 4) is 0 Å². The summed E-state index contributed by atoms with van der Waals surface area (Å²) >= 11 is 0. The molecule has 0 aromatic rings. The van der Waals surface area contributed by atoms with Crippen LogP contribution >= 0.6 is 0 Å². The minimum Gasteiger partial charge on any atom is -0.302 e. The first kappa shape index (κ1) is 16.5. The average molecular weight is 268 g/mol. The molecule has 77 valence electrons. The predicted molar refractivity (Wildman–Crippen MR) is 58.4 cm³/mol. The van der Waals surface area contributed by atoms with Crippen LogP contribution in [0.1, 0.15) is 34.6 Å². The van der Waals surface area contributed by atoms with Crippen molar-refractivity contribution >= 4 is 6.21 Å². The Bertz CT molecular complexity index is 219. The Labute approximate surface area is 113 Å². The molecule has 1 heterocycles. The summed E-state index contributed by atoms with van der Waals surface area (Å²) < 4.78 is 0. The van der Waals surface area contributed by atoms with Crippen LogP contribution in [0.5, 0.6) is 0 Å². The maximum absolute atomic E-state index is 4.14. The normalized spacial score (nSPS) is 19.6. The van der Waals surface area contributed by atoms with E-state index in [-0.39, 0.29) is 32.7 Å². The molecule has 0 spiro atoms. The van der Waals surface area contributed by atoms with E-state index in [9.17, 15) is 0 Å². The zero-order valence-electron chi connectivity index (χ0n) is 9.78. The quantitative estimate of drug-likeness (QED) is 0.527. The molecule has 14 heavy (non-hydrogen) atoms. The van der Waals surface area contributed by atoms with E-state index in [4.69, 9.17) is 0 Å². The summed E-state index contributed by atoms with van der Waals surface area (Å²) in [7, 11) is 0. The molecule has 3 heteroatoms. The molecule has 0 bridgehead atoms. The van der Waals surface area contributed by atoms with Crippen LogP contribution in [0.15, 0.2) is 23.0 Å². The molecular formula is C11H19N2Y-. The molecule has 0 N–H and O–H groups in total. The van der Waals surface area contributed by atoms with Crippen molar-refractivity contribution < 1.29 is 32.7 Å². The van der Waals surface area contributed by atoms with Crippen molar-refractivity contribution in [2.75, 3.05) is 0 Å². The van der Waals surface area contributed by atoms with Crippen LogP contribution < -0.4 is 0 Å². The van der Waals surface area contributed by atoms with Gasteiger partial charge in [0.25, 0.3) is 0 Å². The summed E-state index contributed by atoms with van der Waals surface area (Å²) in [4.78, 5) is 0. The number of allylic oxidation sites excluding steroid dienone is 2. The SMILES string of the molecule is C/C=N\N1C=[C-]C(C)=CC1C.CC.[Y]. The largest absolute Gasteiger partial charge is 0.302 e. The fourth-order valence-electron chi connectivity index (χ4n) is 1.04. The van der Waals surface area contributed by atoms with Crippen LogP contribution in [0.2, 0.25) is 0 Å². The fraction of sp³-hybridized carbons (Fsp3) is 0.545. The average Bonchev–Trinajstić information content (AvgIpc) is 2.14. The van der Waals surface area contributed by atoms with E-state index in [0.29, 0.717) is 6.04 Å². The zero-order valence-corrected chi connectivity index (χ0v) is 12.6. The van der Waals surface area contributed by atoms with Crippen LogP contribution in [0.25, 0.3) is 0 Å². The Kier molecular flexibility index (Phi) is 11.3. The van der Waals surface area contributed by atoms with Gasteiger partial charge in [-0.3, -0.25) is 0 Å². The number of rotatable bonds is 1. The smallest absolute Gasteiger partial charge is 0.0217 e. The minimum atomic E-state index is 0. The first-order valence-electron chi connectivity index (χ1n) is 4.79. The van der Waals surface area contributed by atoms with Crippen molar-refractivity contribution in [2.24, 2.45) is 5.10 Å². The molecule has 1 radical (unpaired) electrons. The van der Waals surface area contributed by atoms with Gasteiger partial charge in [0, 0.05) is 45.0 Å². The molecule has 0 aromatic carbocycles. The third-order valence-electron chi connectivity index (χ3n) is 1.58. The first-order valence-corrected chi connectivity index (χ1v) is 4.79. The van der Waals surface area contributed by atoms with Crippen LogP contribution in [0.3, 0.4) is 0 Å². The fourth-order valence-corrected chi connectivity index (χ4v) is 1.04. The number of hydrogen-bond acceptors (Lipinski definition) is 2. The third kappa shape index (κ3) is 5.71. The Morgan fingerprint density at radius 1 is 1.50 bits per heavy atom. The van der Waals surface area contributed by atoms with Crippen LogP contribution in [-0.4, -0.2) is 17.3 Å². The van der Waals surface area contributed by atoms with Gasteiger partial charge in [-0.05, 0) is 6.92 Å². The van der Waals surface area contributed by atoms with E-state index in [0.717, 1.165) is 0 Å². The van der Waals surface area contributed by atoms with Gasteiger partial charge in [-0.2, -0.15) is 5.10 Å². The van der Waals surface area contributed by atoms with Gasteiger partial charge in [0.1, 0.15) is 0 Å². The van der Waals surface area contributed by atoms with Gasteiger partial charge in [0.2, 0.25) is 0 Å². The molecule has 0 amide bonds. The molecule has 0 saturated heterocycles. The van der Waals surface area contributed by atoms with Crippen molar-refractivity contribution in [3.63, 3.8) is 0 Å². The molecule has 1 rings (SSSR count). The summed E-state index contributed by atoms with van der Waals surface area (Å²) in [6, 6.07) is 0.354. The van der Waals surface area contributed by atoms with E-state index in [2.05, 4.69) is 24.2 Å². The molecule has 1 atom stereocenters.